The van der Waals surface area contributed by atoms with Crippen molar-refractivity contribution in [3.63, 3.8) is 0 Å². The molecule has 0 aliphatic heterocycles. The molecule has 0 bridgehead atoms. The van der Waals surface area contributed by atoms with Gasteiger partial charge in [0.05, 0.1) is 18.0 Å². The Hall–Kier alpha value is -2.06. The molecular weight excluding hydrogens is 389 g/mol. The van der Waals surface area contributed by atoms with Gasteiger partial charge < -0.3 is 5.11 Å². The second-order valence-electron chi connectivity index (χ2n) is 5.82. The van der Waals surface area contributed by atoms with E-state index in [1.165, 1.54) is 12.1 Å². The smallest absolute Gasteiger partial charge is 0.148 e. The first kappa shape index (κ1) is 17.8. The van der Waals surface area contributed by atoms with E-state index in [2.05, 4.69) is 31.1 Å². The van der Waals surface area contributed by atoms with Gasteiger partial charge in [0.1, 0.15) is 22.1 Å². The van der Waals surface area contributed by atoms with E-state index in [-0.39, 0.29) is 0 Å². The highest BCUT2D eigenvalue weighted by atomic mass is 79.9. The highest BCUT2D eigenvalue weighted by molar-refractivity contribution is 9.10. The monoisotopic (exact) mass is 407 g/mol. The number of nitrogens with zero attached hydrogens (tertiary/aromatic N) is 5. The van der Waals surface area contributed by atoms with E-state index < -0.39 is 11.9 Å². The van der Waals surface area contributed by atoms with Gasteiger partial charge >= 0.3 is 0 Å². The van der Waals surface area contributed by atoms with Crippen LogP contribution in [0.3, 0.4) is 0 Å². The maximum Gasteiger partial charge on any atom is 0.148 e. The molecule has 132 valence electrons. The molecule has 6 nitrogen and oxygen atoms in total. The van der Waals surface area contributed by atoms with Crippen LogP contribution < -0.4 is 0 Å². The maximum atomic E-state index is 13.6. The first-order valence-electron chi connectivity index (χ1n) is 8.01. The van der Waals surface area contributed by atoms with Crippen LogP contribution in [-0.4, -0.2) is 29.7 Å². The molecule has 0 fully saturated rings. The van der Waals surface area contributed by atoms with Crippen LogP contribution in [-0.2, 0) is 13.0 Å². The first-order chi connectivity index (χ1) is 11.9. The third-order valence-electron chi connectivity index (χ3n) is 3.94. The highest BCUT2D eigenvalue weighted by Gasteiger charge is 2.18. The van der Waals surface area contributed by atoms with Gasteiger partial charge in [-0.05, 0) is 54.9 Å². The number of aryl methyl sites for hydroxylation is 2. The molecule has 25 heavy (non-hydrogen) atoms. The number of rotatable bonds is 5. The Labute approximate surface area is 153 Å². The van der Waals surface area contributed by atoms with Gasteiger partial charge in [0.15, 0.2) is 0 Å². The molecule has 2 aromatic heterocycles. The molecule has 2 heterocycles. The SMILES string of the molecule is CCn1ncc(Cc2nc(C)nn2-c2ccc(F)cc2C(C)O)c1Br. The second kappa shape index (κ2) is 7.05. The van der Waals surface area contributed by atoms with Gasteiger partial charge in [0, 0.05) is 24.1 Å². The van der Waals surface area contributed by atoms with Crippen LogP contribution in [0.25, 0.3) is 5.69 Å². The van der Waals surface area contributed by atoms with Crippen molar-refractivity contribution < 1.29 is 9.50 Å². The molecule has 0 saturated heterocycles. The molecule has 0 spiro atoms. The van der Waals surface area contributed by atoms with E-state index in [0.717, 1.165) is 16.7 Å². The van der Waals surface area contributed by atoms with Crippen molar-refractivity contribution in [2.24, 2.45) is 0 Å². The Balaban J connectivity index is 2.06. The van der Waals surface area contributed by atoms with Gasteiger partial charge in [0.2, 0.25) is 0 Å². The molecule has 1 atom stereocenters. The summed E-state index contributed by atoms with van der Waals surface area (Å²) < 4.78 is 18.0. The summed E-state index contributed by atoms with van der Waals surface area (Å²) in [6.07, 6.45) is 1.48. The predicted octanol–water partition coefficient (Wildman–Crippen LogP) is 3.34. The van der Waals surface area contributed by atoms with Gasteiger partial charge in [-0.1, -0.05) is 0 Å². The van der Waals surface area contributed by atoms with Crippen LogP contribution in [0.4, 0.5) is 4.39 Å². The fourth-order valence-corrected chi connectivity index (χ4v) is 3.32. The van der Waals surface area contributed by atoms with Crippen molar-refractivity contribution in [2.45, 2.75) is 39.8 Å². The van der Waals surface area contributed by atoms with Gasteiger partial charge in [-0.15, -0.1) is 0 Å². The third kappa shape index (κ3) is 3.50. The molecule has 0 amide bonds. The summed E-state index contributed by atoms with van der Waals surface area (Å²) in [5.74, 6) is 0.905. The number of hydrogen-bond donors (Lipinski definition) is 1. The summed E-state index contributed by atoms with van der Waals surface area (Å²) in [7, 11) is 0. The molecule has 1 unspecified atom stereocenters. The lowest BCUT2D eigenvalue weighted by Gasteiger charge is -2.13. The number of benzene rings is 1. The third-order valence-corrected chi connectivity index (χ3v) is 4.86. The average molecular weight is 408 g/mol. The van der Waals surface area contributed by atoms with E-state index >= 15 is 0 Å². The molecule has 0 aliphatic rings. The summed E-state index contributed by atoms with van der Waals surface area (Å²) in [4.78, 5) is 4.50. The Morgan fingerprint density at radius 1 is 1.36 bits per heavy atom. The van der Waals surface area contributed by atoms with Crippen LogP contribution in [0.15, 0.2) is 29.0 Å². The summed E-state index contributed by atoms with van der Waals surface area (Å²) in [6.45, 7) is 6.18. The standard InChI is InChI=1S/C17H19BrFN5O/c1-4-23-17(18)12(9-20-23)7-16-21-11(3)22-24(16)15-6-5-13(19)8-14(15)10(2)25/h5-6,8-10,25H,4,7H2,1-3H3. The number of aliphatic hydroxyl groups excluding tert-OH is 1. The normalized spacial score (nSPS) is 12.6. The van der Waals surface area contributed by atoms with Crippen LogP contribution in [0.5, 0.6) is 0 Å². The quantitative estimate of drug-likeness (QED) is 0.703. The Kier molecular flexibility index (Phi) is 5.01. The summed E-state index contributed by atoms with van der Waals surface area (Å²) >= 11 is 3.56. The van der Waals surface area contributed by atoms with Crippen LogP contribution in [0.1, 0.15) is 42.7 Å². The fraction of sp³-hybridized carbons (Fsp3) is 0.353. The van der Waals surface area contributed by atoms with Crippen LogP contribution >= 0.6 is 15.9 Å². The molecule has 0 aliphatic carbocycles. The second-order valence-corrected chi connectivity index (χ2v) is 6.57. The number of halogens is 2. The molecule has 0 saturated carbocycles. The lowest BCUT2D eigenvalue weighted by Crippen LogP contribution is -2.09. The van der Waals surface area contributed by atoms with Crippen LogP contribution in [0.2, 0.25) is 0 Å². The Morgan fingerprint density at radius 3 is 2.76 bits per heavy atom. The van der Waals surface area contributed by atoms with Gasteiger partial charge in [-0.2, -0.15) is 10.2 Å². The Morgan fingerprint density at radius 2 is 2.12 bits per heavy atom. The van der Waals surface area contributed by atoms with Gasteiger partial charge in [-0.3, -0.25) is 4.68 Å². The van der Waals surface area contributed by atoms with Gasteiger partial charge in [-0.25, -0.2) is 14.1 Å². The minimum Gasteiger partial charge on any atom is -0.389 e. The number of hydrogen-bond acceptors (Lipinski definition) is 4. The predicted molar refractivity (Wildman–Crippen MR) is 95.1 cm³/mol. The van der Waals surface area contributed by atoms with Crippen molar-refractivity contribution in [1.82, 2.24) is 24.5 Å². The minimum absolute atomic E-state index is 0.398. The topological polar surface area (TPSA) is 68.8 Å². The van der Waals surface area contributed by atoms with Crippen molar-refractivity contribution in [1.29, 1.82) is 0 Å². The van der Waals surface area contributed by atoms with Crippen molar-refractivity contribution in [2.75, 3.05) is 0 Å². The lowest BCUT2D eigenvalue weighted by atomic mass is 10.1. The zero-order valence-electron chi connectivity index (χ0n) is 14.2. The molecule has 3 rings (SSSR count). The molecule has 1 aromatic carbocycles. The molecular formula is C17H19BrFN5O. The largest absolute Gasteiger partial charge is 0.389 e. The van der Waals surface area contributed by atoms with E-state index in [1.807, 2.05) is 11.6 Å². The minimum atomic E-state index is -0.822. The molecule has 3 aromatic rings. The van der Waals surface area contributed by atoms with E-state index in [1.54, 1.807) is 30.8 Å². The maximum absolute atomic E-state index is 13.6. The number of aromatic nitrogens is 5. The van der Waals surface area contributed by atoms with Crippen LogP contribution in [0, 0.1) is 12.7 Å². The van der Waals surface area contributed by atoms with Crippen molar-refractivity contribution >= 4 is 15.9 Å². The van der Waals surface area contributed by atoms with E-state index in [0.29, 0.717) is 29.3 Å². The molecule has 0 radical (unpaired) electrons. The zero-order chi connectivity index (χ0) is 18.1. The van der Waals surface area contributed by atoms with Crippen molar-refractivity contribution in [3.05, 3.63) is 57.6 Å². The highest BCUT2D eigenvalue weighted by Crippen LogP contribution is 2.25. The first-order valence-corrected chi connectivity index (χ1v) is 8.80. The zero-order valence-corrected chi connectivity index (χ0v) is 15.8. The van der Waals surface area contributed by atoms with E-state index in [4.69, 9.17) is 0 Å². The summed E-state index contributed by atoms with van der Waals surface area (Å²) in [5.41, 5.74) is 2.07. The van der Waals surface area contributed by atoms with Gasteiger partial charge in [0.25, 0.3) is 0 Å². The van der Waals surface area contributed by atoms with Crippen molar-refractivity contribution in [3.8, 4) is 5.69 Å². The summed E-state index contributed by atoms with van der Waals surface area (Å²) in [5, 5.41) is 18.8. The average Bonchev–Trinajstić information content (AvgIpc) is 3.10. The number of aliphatic hydroxyl groups is 1. The summed E-state index contributed by atoms with van der Waals surface area (Å²) in [6, 6.07) is 4.29. The Bertz CT molecular complexity index is 903. The van der Waals surface area contributed by atoms with E-state index in [9.17, 15) is 9.50 Å². The molecule has 8 heteroatoms. The lowest BCUT2D eigenvalue weighted by molar-refractivity contribution is 0.198. The fourth-order valence-electron chi connectivity index (χ4n) is 2.74. The molecule has 1 N–H and O–H groups in total.